The number of nitrogens with one attached hydrogen (secondary N) is 1. The Morgan fingerprint density at radius 2 is 1.56 bits per heavy atom. The number of methoxy groups -OCH3 is 2. The molecular formula is C21H28ClNO4. The van der Waals surface area contributed by atoms with Crippen molar-refractivity contribution in [1.29, 1.82) is 0 Å². The fourth-order valence-electron chi connectivity index (χ4n) is 3.43. The molecule has 6 heteroatoms. The molecule has 0 radical (unpaired) electrons. The van der Waals surface area contributed by atoms with Gasteiger partial charge in [0.25, 0.3) is 0 Å². The van der Waals surface area contributed by atoms with Crippen molar-refractivity contribution in [2.24, 2.45) is 0 Å². The summed E-state index contributed by atoms with van der Waals surface area (Å²) in [5, 5.41) is 3.61. The first-order valence-corrected chi connectivity index (χ1v) is 9.09. The highest BCUT2D eigenvalue weighted by Gasteiger charge is 2.25. The third kappa shape index (κ3) is 4.42. The van der Waals surface area contributed by atoms with E-state index in [1.807, 2.05) is 26.0 Å². The van der Waals surface area contributed by atoms with Gasteiger partial charge in [0.05, 0.1) is 33.5 Å². The van der Waals surface area contributed by atoms with E-state index in [2.05, 4.69) is 23.5 Å². The maximum absolute atomic E-state index is 5.82. The van der Waals surface area contributed by atoms with Crippen LogP contribution in [0.2, 0.25) is 0 Å². The lowest BCUT2D eigenvalue weighted by Crippen LogP contribution is -2.30. The predicted molar refractivity (Wildman–Crippen MR) is 109 cm³/mol. The zero-order chi connectivity index (χ0) is 18.5. The molecule has 148 valence electrons. The monoisotopic (exact) mass is 393 g/mol. The van der Waals surface area contributed by atoms with Crippen molar-refractivity contribution >= 4 is 12.4 Å². The second kappa shape index (κ2) is 9.72. The van der Waals surface area contributed by atoms with Crippen molar-refractivity contribution < 1.29 is 18.9 Å². The molecule has 1 N–H and O–H groups in total. The molecule has 0 spiro atoms. The van der Waals surface area contributed by atoms with Crippen LogP contribution in [0, 0.1) is 0 Å². The zero-order valence-corrected chi connectivity index (χ0v) is 17.2. The highest BCUT2D eigenvalue weighted by molar-refractivity contribution is 5.85. The normalized spacial score (nSPS) is 15.3. The molecule has 27 heavy (non-hydrogen) atoms. The quantitative estimate of drug-likeness (QED) is 0.765. The van der Waals surface area contributed by atoms with Gasteiger partial charge in [0.2, 0.25) is 0 Å². The van der Waals surface area contributed by atoms with Gasteiger partial charge in [-0.3, -0.25) is 0 Å². The first-order valence-electron chi connectivity index (χ1n) is 9.09. The van der Waals surface area contributed by atoms with Crippen LogP contribution in [0.15, 0.2) is 30.3 Å². The molecule has 0 aliphatic carbocycles. The van der Waals surface area contributed by atoms with Crippen molar-refractivity contribution in [3.05, 3.63) is 47.0 Å². The van der Waals surface area contributed by atoms with Crippen LogP contribution in [-0.2, 0) is 6.42 Å². The number of hydrogen-bond acceptors (Lipinski definition) is 5. The van der Waals surface area contributed by atoms with Crippen molar-refractivity contribution in [1.82, 2.24) is 5.32 Å². The molecule has 0 aromatic heterocycles. The summed E-state index contributed by atoms with van der Waals surface area (Å²) < 4.78 is 22.4. The van der Waals surface area contributed by atoms with E-state index >= 15 is 0 Å². The van der Waals surface area contributed by atoms with Gasteiger partial charge in [0.1, 0.15) is 0 Å². The molecule has 1 aliphatic heterocycles. The average molecular weight is 394 g/mol. The number of hydrogen-bond donors (Lipinski definition) is 1. The highest BCUT2D eigenvalue weighted by Crippen LogP contribution is 2.39. The molecule has 2 aromatic rings. The summed E-state index contributed by atoms with van der Waals surface area (Å²) in [6, 6.07) is 10.4. The second-order valence-electron chi connectivity index (χ2n) is 6.12. The molecule has 2 aromatic carbocycles. The van der Waals surface area contributed by atoms with Crippen LogP contribution < -0.4 is 24.3 Å². The van der Waals surface area contributed by atoms with Gasteiger partial charge >= 0.3 is 0 Å². The number of fused-ring (bicyclic) bond motifs is 1. The van der Waals surface area contributed by atoms with E-state index in [1.54, 1.807) is 14.2 Å². The van der Waals surface area contributed by atoms with Gasteiger partial charge in [0, 0.05) is 6.54 Å². The van der Waals surface area contributed by atoms with E-state index < -0.39 is 0 Å². The minimum absolute atomic E-state index is 0. The van der Waals surface area contributed by atoms with Crippen LogP contribution in [0.1, 0.15) is 36.6 Å². The molecule has 1 unspecified atom stereocenters. The molecule has 1 heterocycles. The van der Waals surface area contributed by atoms with Crippen LogP contribution in [-0.4, -0.2) is 34.0 Å². The van der Waals surface area contributed by atoms with Gasteiger partial charge in [-0.1, -0.05) is 6.07 Å². The Bertz CT molecular complexity index is 766. The second-order valence-corrected chi connectivity index (χ2v) is 6.12. The number of benzene rings is 2. The van der Waals surface area contributed by atoms with Gasteiger partial charge < -0.3 is 24.3 Å². The van der Waals surface area contributed by atoms with Gasteiger partial charge in [-0.05, 0) is 61.2 Å². The van der Waals surface area contributed by atoms with Gasteiger partial charge in [-0.15, -0.1) is 12.4 Å². The Morgan fingerprint density at radius 1 is 0.889 bits per heavy atom. The Hall–Kier alpha value is -2.11. The molecule has 0 saturated heterocycles. The summed E-state index contributed by atoms with van der Waals surface area (Å²) in [6.45, 7) is 6.11. The van der Waals surface area contributed by atoms with Crippen LogP contribution in [0.4, 0.5) is 0 Å². The Kier molecular flexibility index (Phi) is 7.63. The Labute approximate surface area is 167 Å². The minimum Gasteiger partial charge on any atom is -0.493 e. The Balaban J connectivity index is 0.00000261. The largest absolute Gasteiger partial charge is 0.493 e. The standard InChI is InChI=1S/C21H27NO4.ClH/c1-5-25-19-11-14-9-10-22-21(16(14)13-20(19)26-6-2)15-7-8-17(23-3)18(12-15)24-4;/h7-8,11-13,21-22H,5-6,9-10H2,1-4H3;1H. The third-order valence-electron chi connectivity index (χ3n) is 4.60. The minimum atomic E-state index is 0. The number of ether oxygens (including phenoxy) is 4. The van der Waals surface area contributed by atoms with Crippen molar-refractivity contribution in [2.45, 2.75) is 26.3 Å². The van der Waals surface area contributed by atoms with E-state index in [9.17, 15) is 0 Å². The van der Waals surface area contributed by atoms with Crippen molar-refractivity contribution in [3.63, 3.8) is 0 Å². The van der Waals surface area contributed by atoms with Gasteiger partial charge in [0.15, 0.2) is 23.0 Å². The first kappa shape index (κ1) is 21.2. The third-order valence-corrected chi connectivity index (χ3v) is 4.60. The maximum Gasteiger partial charge on any atom is 0.161 e. The van der Waals surface area contributed by atoms with E-state index in [-0.39, 0.29) is 18.4 Å². The average Bonchev–Trinajstić information content (AvgIpc) is 2.68. The molecule has 0 fully saturated rings. The summed E-state index contributed by atoms with van der Waals surface area (Å²) in [5.41, 5.74) is 3.64. The molecule has 1 aliphatic rings. The molecule has 0 saturated carbocycles. The van der Waals surface area contributed by atoms with Gasteiger partial charge in [-0.25, -0.2) is 0 Å². The smallest absolute Gasteiger partial charge is 0.161 e. The number of rotatable bonds is 7. The van der Waals surface area contributed by atoms with E-state index in [0.717, 1.165) is 41.5 Å². The Morgan fingerprint density at radius 3 is 2.19 bits per heavy atom. The summed E-state index contributed by atoms with van der Waals surface area (Å²) in [4.78, 5) is 0. The van der Waals surface area contributed by atoms with E-state index in [4.69, 9.17) is 18.9 Å². The molecule has 1 atom stereocenters. The molecular weight excluding hydrogens is 366 g/mol. The highest BCUT2D eigenvalue weighted by atomic mass is 35.5. The molecule has 0 bridgehead atoms. The van der Waals surface area contributed by atoms with Crippen LogP contribution >= 0.6 is 12.4 Å². The summed E-state index contributed by atoms with van der Waals surface area (Å²) in [5.74, 6) is 3.08. The van der Waals surface area contributed by atoms with Crippen LogP contribution in [0.3, 0.4) is 0 Å². The number of halogens is 1. The van der Waals surface area contributed by atoms with Crippen molar-refractivity contribution in [2.75, 3.05) is 34.0 Å². The summed E-state index contributed by atoms with van der Waals surface area (Å²) in [7, 11) is 3.31. The fraction of sp³-hybridized carbons (Fsp3) is 0.429. The van der Waals surface area contributed by atoms with Crippen LogP contribution in [0.25, 0.3) is 0 Å². The predicted octanol–water partition coefficient (Wildman–Crippen LogP) is 4.16. The van der Waals surface area contributed by atoms with Crippen LogP contribution in [0.5, 0.6) is 23.0 Å². The maximum atomic E-state index is 5.82. The molecule has 0 amide bonds. The fourth-order valence-corrected chi connectivity index (χ4v) is 3.43. The lowest BCUT2D eigenvalue weighted by atomic mass is 9.89. The van der Waals surface area contributed by atoms with E-state index in [0.29, 0.717) is 13.2 Å². The van der Waals surface area contributed by atoms with E-state index in [1.165, 1.54) is 11.1 Å². The first-order chi connectivity index (χ1) is 12.7. The summed E-state index contributed by atoms with van der Waals surface area (Å²) in [6.07, 6.45) is 0.964. The summed E-state index contributed by atoms with van der Waals surface area (Å²) >= 11 is 0. The zero-order valence-electron chi connectivity index (χ0n) is 16.3. The topological polar surface area (TPSA) is 49.0 Å². The SMILES string of the molecule is CCOc1cc2c(cc1OCC)C(c1ccc(OC)c(OC)c1)NCC2.Cl. The lowest BCUT2D eigenvalue weighted by Gasteiger charge is -2.29. The molecule has 3 rings (SSSR count). The molecule has 5 nitrogen and oxygen atoms in total. The van der Waals surface area contributed by atoms with Gasteiger partial charge in [-0.2, -0.15) is 0 Å². The van der Waals surface area contributed by atoms with Crippen molar-refractivity contribution in [3.8, 4) is 23.0 Å². The lowest BCUT2D eigenvalue weighted by molar-refractivity contribution is 0.286.